The molecule has 2 aromatic rings. The normalized spacial score (nSPS) is 22.3. The van der Waals surface area contributed by atoms with Crippen LogP contribution < -0.4 is 0 Å². The maximum Gasteiger partial charge on any atom is 0.123 e. The first-order valence-electron chi connectivity index (χ1n) is 7.85. The van der Waals surface area contributed by atoms with Crippen LogP contribution in [0.2, 0.25) is 0 Å². The van der Waals surface area contributed by atoms with Crippen LogP contribution in [0.25, 0.3) is 0 Å². The zero-order valence-electron chi connectivity index (χ0n) is 12.8. The molecule has 22 heavy (non-hydrogen) atoms. The molecule has 4 nitrogen and oxygen atoms in total. The van der Waals surface area contributed by atoms with Gasteiger partial charge in [0.25, 0.3) is 0 Å². The Labute approximate surface area is 130 Å². The predicted octanol–water partition coefficient (Wildman–Crippen LogP) is 2.39. The summed E-state index contributed by atoms with van der Waals surface area (Å²) < 4.78 is 15.4. The molecule has 0 bridgehead atoms. The van der Waals surface area contributed by atoms with Gasteiger partial charge in [0.05, 0.1) is 6.10 Å². The summed E-state index contributed by atoms with van der Waals surface area (Å²) in [6, 6.07) is 8.83. The molecule has 0 amide bonds. The molecule has 1 aromatic carbocycles. The van der Waals surface area contributed by atoms with Crippen molar-refractivity contribution in [1.29, 1.82) is 0 Å². The second kappa shape index (κ2) is 6.58. The molecule has 0 spiro atoms. The van der Waals surface area contributed by atoms with E-state index in [0.29, 0.717) is 13.0 Å². The highest BCUT2D eigenvalue weighted by Gasteiger charge is 2.31. The maximum absolute atomic E-state index is 13.5. The number of aromatic nitrogens is 2. The van der Waals surface area contributed by atoms with Crippen molar-refractivity contribution in [2.24, 2.45) is 0 Å². The number of rotatable bonds is 5. The number of aliphatic hydroxyl groups is 1. The van der Waals surface area contributed by atoms with E-state index in [2.05, 4.69) is 16.9 Å². The number of benzene rings is 1. The Morgan fingerprint density at radius 2 is 2.23 bits per heavy atom. The Bertz CT molecular complexity index is 628. The van der Waals surface area contributed by atoms with Crippen LogP contribution in [-0.4, -0.2) is 39.0 Å². The molecule has 2 heterocycles. The van der Waals surface area contributed by atoms with Crippen LogP contribution in [0.1, 0.15) is 30.6 Å². The first-order valence-corrected chi connectivity index (χ1v) is 7.85. The monoisotopic (exact) mass is 303 g/mol. The fourth-order valence-electron chi connectivity index (χ4n) is 3.30. The summed E-state index contributed by atoms with van der Waals surface area (Å²) in [4.78, 5) is 2.24. The lowest BCUT2D eigenvalue weighted by atomic mass is 10.0. The van der Waals surface area contributed by atoms with Gasteiger partial charge in [-0.1, -0.05) is 12.1 Å². The Kier molecular flexibility index (Phi) is 4.55. The van der Waals surface area contributed by atoms with E-state index in [1.807, 2.05) is 23.0 Å². The van der Waals surface area contributed by atoms with Crippen LogP contribution in [0.15, 0.2) is 36.5 Å². The maximum atomic E-state index is 13.5. The van der Waals surface area contributed by atoms with E-state index in [1.165, 1.54) is 11.8 Å². The van der Waals surface area contributed by atoms with Gasteiger partial charge in [-0.15, -0.1) is 0 Å². The molecular formula is C17H22FN3O. The first-order chi connectivity index (χ1) is 10.7. The number of likely N-dealkylation sites (tertiary alicyclic amines) is 1. The smallest absolute Gasteiger partial charge is 0.123 e. The molecular weight excluding hydrogens is 281 g/mol. The third-order valence-corrected chi connectivity index (χ3v) is 4.37. The topological polar surface area (TPSA) is 41.3 Å². The molecule has 1 aliphatic heterocycles. The molecule has 1 fully saturated rings. The van der Waals surface area contributed by atoms with Crippen LogP contribution >= 0.6 is 0 Å². The highest BCUT2D eigenvalue weighted by Crippen LogP contribution is 2.32. The Balaban J connectivity index is 1.71. The molecule has 2 atom stereocenters. The van der Waals surface area contributed by atoms with Gasteiger partial charge in [-0.2, -0.15) is 5.10 Å². The molecule has 1 aromatic heterocycles. The van der Waals surface area contributed by atoms with E-state index < -0.39 is 0 Å². The van der Waals surface area contributed by atoms with E-state index in [1.54, 1.807) is 12.1 Å². The van der Waals surface area contributed by atoms with Crippen molar-refractivity contribution in [2.75, 3.05) is 13.1 Å². The zero-order chi connectivity index (χ0) is 15.5. The van der Waals surface area contributed by atoms with Crippen molar-refractivity contribution >= 4 is 0 Å². The lowest BCUT2D eigenvalue weighted by Crippen LogP contribution is -2.27. The second-order valence-electron chi connectivity index (χ2n) is 5.84. The van der Waals surface area contributed by atoms with Gasteiger partial charge >= 0.3 is 0 Å². The van der Waals surface area contributed by atoms with E-state index in [4.69, 9.17) is 0 Å². The van der Waals surface area contributed by atoms with Crippen LogP contribution in [0.4, 0.5) is 4.39 Å². The quantitative estimate of drug-likeness (QED) is 0.922. The number of aryl methyl sites for hydroxylation is 1. The number of hydrogen-bond donors (Lipinski definition) is 1. The average Bonchev–Trinajstić information content (AvgIpc) is 3.10. The number of β-amino-alcohol motifs (C(OH)–C–C–N with tert-alkyl or cyclic N) is 1. The van der Waals surface area contributed by atoms with Gasteiger partial charge in [-0.05, 0) is 37.1 Å². The average molecular weight is 303 g/mol. The molecule has 3 rings (SSSR count). The molecule has 1 N–H and O–H groups in total. The van der Waals surface area contributed by atoms with Crippen LogP contribution in [-0.2, 0) is 13.0 Å². The molecule has 0 aliphatic carbocycles. The van der Waals surface area contributed by atoms with E-state index in [-0.39, 0.29) is 18.0 Å². The van der Waals surface area contributed by atoms with Gasteiger partial charge in [0.15, 0.2) is 0 Å². The number of hydrogen-bond acceptors (Lipinski definition) is 3. The minimum absolute atomic E-state index is 0.0868. The zero-order valence-corrected chi connectivity index (χ0v) is 12.8. The molecule has 1 aliphatic rings. The molecule has 0 saturated carbocycles. The SMILES string of the molecule is CCn1nccc1CCN1CC(O)CC1c1cccc(F)c1. The van der Waals surface area contributed by atoms with E-state index in [9.17, 15) is 9.50 Å². The largest absolute Gasteiger partial charge is 0.392 e. The Hall–Kier alpha value is -1.72. The molecule has 5 heteroatoms. The number of aliphatic hydroxyl groups excluding tert-OH is 1. The summed E-state index contributed by atoms with van der Waals surface area (Å²) >= 11 is 0. The fourth-order valence-corrected chi connectivity index (χ4v) is 3.30. The fraction of sp³-hybridized carbons (Fsp3) is 0.471. The van der Waals surface area contributed by atoms with Crippen molar-refractivity contribution in [3.05, 3.63) is 53.6 Å². The Morgan fingerprint density at radius 3 is 3.00 bits per heavy atom. The van der Waals surface area contributed by atoms with E-state index in [0.717, 1.165) is 25.1 Å². The summed E-state index contributed by atoms with van der Waals surface area (Å²) in [5.41, 5.74) is 2.14. The minimum Gasteiger partial charge on any atom is -0.392 e. The van der Waals surface area contributed by atoms with Crippen molar-refractivity contribution in [3.63, 3.8) is 0 Å². The van der Waals surface area contributed by atoms with Crippen molar-refractivity contribution in [3.8, 4) is 0 Å². The summed E-state index contributed by atoms with van der Waals surface area (Å²) in [7, 11) is 0. The summed E-state index contributed by atoms with van der Waals surface area (Å²) in [5, 5.41) is 14.3. The van der Waals surface area contributed by atoms with Gasteiger partial charge in [-0.25, -0.2) is 4.39 Å². The van der Waals surface area contributed by atoms with Gasteiger partial charge in [0.1, 0.15) is 5.82 Å². The lowest BCUT2D eigenvalue weighted by molar-refractivity contribution is 0.175. The third kappa shape index (κ3) is 3.20. The molecule has 118 valence electrons. The van der Waals surface area contributed by atoms with Crippen LogP contribution in [0.3, 0.4) is 0 Å². The van der Waals surface area contributed by atoms with Crippen LogP contribution in [0.5, 0.6) is 0 Å². The first kappa shape index (κ1) is 15.2. The van der Waals surface area contributed by atoms with Gasteiger partial charge in [-0.3, -0.25) is 9.58 Å². The minimum atomic E-state index is -0.343. The Morgan fingerprint density at radius 1 is 1.36 bits per heavy atom. The molecule has 0 radical (unpaired) electrons. The second-order valence-corrected chi connectivity index (χ2v) is 5.84. The summed E-state index contributed by atoms with van der Waals surface area (Å²) in [6.07, 6.45) is 3.02. The number of nitrogens with zero attached hydrogens (tertiary/aromatic N) is 3. The number of halogens is 1. The summed E-state index contributed by atoms with van der Waals surface area (Å²) in [5.74, 6) is -0.220. The lowest BCUT2D eigenvalue weighted by Gasteiger charge is -2.24. The molecule has 2 unspecified atom stereocenters. The van der Waals surface area contributed by atoms with Gasteiger partial charge < -0.3 is 5.11 Å². The van der Waals surface area contributed by atoms with Crippen molar-refractivity contribution < 1.29 is 9.50 Å². The van der Waals surface area contributed by atoms with Crippen molar-refractivity contribution in [1.82, 2.24) is 14.7 Å². The molecule has 1 saturated heterocycles. The highest BCUT2D eigenvalue weighted by molar-refractivity contribution is 5.22. The summed E-state index contributed by atoms with van der Waals surface area (Å²) in [6.45, 7) is 4.41. The van der Waals surface area contributed by atoms with Crippen molar-refractivity contribution in [2.45, 2.75) is 38.5 Å². The van der Waals surface area contributed by atoms with Gasteiger partial charge in [0.2, 0.25) is 0 Å². The van der Waals surface area contributed by atoms with Crippen LogP contribution in [0, 0.1) is 5.82 Å². The third-order valence-electron chi connectivity index (χ3n) is 4.37. The highest BCUT2D eigenvalue weighted by atomic mass is 19.1. The van der Waals surface area contributed by atoms with E-state index >= 15 is 0 Å². The standard InChI is InChI=1S/C17H22FN3O/c1-2-21-15(6-8-19-21)7-9-20-12-16(22)11-17(20)13-4-3-5-14(18)10-13/h3-6,8,10,16-17,22H,2,7,9,11-12H2,1H3. The van der Waals surface area contributed by atoms with Gasteiger partial charge in [0, 0.05) is 44.0 Å². The predicted molar refractivity (Wildman–Crippen MR) is 82.9 cm³/mol.